The first-order valence-corrected chi connectivity index (χ1v) is 7.79. The minimum Gasteiger partial charge on any atom is -0.381 e. The van der Waals surface area contributed by atoms with Crippen LogP contribution >= 0.6 is 15.9 Å². The summed E-state index contributed by atoms with van der Waals surface area (Å²) in [5.41, 5.74) is 1.37. The Labute approximate surface area is 132 Å². The summed E-state index contributed by atoms with van der Waals surface area (Å²) in [4.78, 5) is 0. The third-order valence-corrected chi connectivity index (χ3v) is 4.59. The van der Waals surface area contributed by atoms with Crippen LogP contribution in [0.3, 0.4) is 0 Å². The number of halogens is 1. The third-order valence-electron chi connectivity index (χ3n) is 4.09. The molecule has 2 aromatic rings. The molecule has 0 unspecified atom stereocenters. The van der Waals surface area contributed by atoms with Crippen LogP contribution in [-0.4, -0.2) is 40.0 Å². The molecule has 0 aliphatic carbocycles. The van der Waals surface area contributed by atoms with Crippen molar-refractivity contribution in [1.29, 1.82) is 0 Å². The average molecular weight is 352 g/mol. The fourth-order valence-corrected chi connectivity index (χ4v) is 3.17. The normalized spacial score (nSPS) is 17.6. The molecule has 1 aliphatic heterocycles. The van der Waals surface area contributed by atoms with E-state index in [9.17, 15) is 0 Å². The largest absolute Gasteiger partial charge is 0.381 e. The van der Waals surface area contributed by atoms with Crippen LogP contribution in [0.2, 0.25) is 0 Å². The van der Waals surface area contributed by atoms with Crippen LogP contribution < -0.4 is 5.32 Å². The molecule has 0 amide bonds. The molecule has 1 N–H and O–H groups in total. The number of ether oxygens (including phenoxy) is 1. The molecule has 7 heteroatoms. The Balaban J connectivity index is 1.84. The van der Waals surface area contributed by atoms with Gasteiger partial charge < -0.3 is 10.1 Å². The highest BCUT2D eigenvalue weighted by atomic mass is 79.9. The summed E-state index contributed by atoms with van der Waals surface area (Å²) in [6.07, 6.45) is 1.98. The average Bonchev–Trinajstić information content (AvgIpc) is 2.91. The molecular formula is C14H18BrN5O. The van der Waals surface area contributed by atoms with Crippen LogP contribution in [0.15, 0.2) is 28.7 Å². The van der Waals surface area contributed by atoms with Crippen LogP contribution in [0.25, 0.3) is 0 Å². The van der Waals surface area contributed by atoms with E-state index >= 15 is 0 Å². The third kappa shape index (κ3) is 3.08. The van der Waals surface area contributed by atoms with E-state index in [1.807, 2.05) is 7.05 Å². The smallest absolute Gasteiger partial charge is 0.242 e. The summed E-state index contributed by atoms with van der Waals surface area (Å²) < 4.78 is 8.30. The maximum atomic E-state index is 5.55. The summed E-state index contributed by atoms with van der Waals surface area (Å²) in [6.45, 7) is 2.36. The van der Waals surface area contributed by atoms with Gasteiger partial charge in [-0.15, -0.1) is 0 Å². The number of nitrogens with one attached hydrogen (secondary N) is 1. The number of tetrazole rings is 1. The van der Waals surface area contributed by atoms with E-state index in [4.69, 9.17) is 4.74 Å². The maximum absolute atomic E-state index is 5.55. The van der Waals surface area contributed by atoms with Gasteiger partial charge in [-0.25, -0.2) is 4.68 Å². The molecule has 1 aromatic heterocycles. The molecule has 6 nitrogen and oxygen atoms in total. The van der Waals surface area contributed by atoms with Gasteiger partial charge in [0.05, 0.1) is 0 Å². The highest BCUT2D eigenvalue weighted by molar-refractivity contribution is 9.10. The van der Waals surface area contributed by atoms with Gasteiger partial charge >= 0.3 is 0 Å². The predicted molar refractivity (Wildman–Crippen MR) is 83.2 cm³/mol. The summed E-state index contributed by atoms with van der Waals surface area (Å²) in [5.74, 6) is 0.691. The van der Waals surface area contributed by atoms with Crippen molar-refractivity contribution in [2.45, 2.75) is 18.3 Å². The topological polar surface area (TPSA) is 64.9 Å². The lowest BCUT2D eigenvalue weighted by molar-refractivity contribution is 0.0543. The van der Waals surface area contributed by atoms with E-state index in [2.05, 4.69) is 61.0 Å². The first kappa shape index (κ1) is 14.5. The molecule has 0 spiro atoms. The van der Waals surface area contributed by atoms with Crippen LogP contribution in [0.1, 0.15) is 18.4 Å². The summed E-state index contributed by atoms with van der Waals surface area (Å²) >= 11 is 3.57. The molecule has 3 rings (SSSR count). The standard InChI is InChI=1S/C14H18BrN5O/c1-20-13(17-18-19-20)16-10-14(5-7-21-8-6-14)11-3-2-4-12(15)9-11/h2-4,9H,5-8,10H2,1H3,(H,16,17,19). The zero-order chi connectivity index (χ0) is 14.7. The van der Waals surface area contributed by atoms with Crippen molar-refractivity contribution in [3.05, 3.63) is 34.3 Å². The molecule has 0 saturated carbocycles. The predicted octanol–water partition coefficient (Wildman–Crippen LogP) is 2.13. The monoisotopic (exact) mass is 351 g/mol. The lowest BCUT2D eigenvalue weighted by atomic mass is 9.74. The minimum absolute atomic E-state index is 0.0496. The first-order chi connectivity index (χ1) is 10.2. The van der Waals surface area contributed by atoms with Gasteiger partial charge in [-0.05, 0) is 41.0 Å². The van der Waals surface area contributed by atoms with Crippen molar-refractivity contribution in [2.75, 3.05) is 25.1 Å². The lowest BCUT2D eigenvalue weighted by Gasteiger charge is -2.38. The second kappa shape index (κ2) is 6.11. The molecule has 2 heterocycles. The molecule has 21 heavy (non-hydrogen) atoms. The second-order valence-corrected chi connectivity index (χ2v) is 6.30. The first-order valence-electron chi connectivity index (χ1n) is 7.00. The quantitative estimate of drug-likeness (QED) is 0.913. The van der Waals surface area contributed by atoms with Gasteiger partial charge in [-0.2, -0.15) is 0 Å². The van der Waals surface area contributed by atoms with Crippen LogP contribution in [0.5, 0.6) is 0 Å². The Morgan fingerprint density at radius 2 is 2.19 bits per heavy atom. The van der Waals surface area contributed by atoms with Gasteiger partial charge in [-0.1, -0.05) is 33.2 Å². The van der Waals surface area contributed by atoms with Gasteiger partial charge in [0.2, 0.25) is 5.95 Å². The molecule has 112 valence electrons. The van der Waals surface area contributed by atoms with Crippen LogP contribution in [0, 0.1) is 0 Å². The summed E-state index contributed by atoms with van der Waals surface area (Å²) in [7, 11) is 1.83. The molecule has 0 bridgehead atoms. The van der Waals surface area contributed by atoms with Crippen molar-refractivity contribution in [3.63, 3.8) is 0 Å². The van der Waals surface area contributed by atoms with E-state index < -0.39 is 0 Å². The zero-order valence-corrected chi connectivity index (χ0v) is 13.5. The van der Waals surface area contributed by atoms with Crippen LogP contribution in [-0.2, 0) is 17.2 Å². The Morgan fingerprint density at radius 1 is 1.38 bits per heavy atom. The molecule has 0 atom stereocenters. The number of anilines is 1. The van der Waals surface area contributed by atoms with Gasteiger partial charge in [0.1, 0.15) is 0 Å². The van der Waals surface area contributed by atoms with Crippen LogP contribution in [0.4, 0.5) is 5.95 Å². The minimum atomic E-state index is 0.0496. The van der Waals surface area contributed by atoms with Gasteiger partial charge in [0, 0.05) is 36.7 Å². The molecular weight excluding hydrogens is 334 g/mol. The van der Waals surface area contributed by atoms with Crippen molar-refractivity contribution in [3.8, 4) is 0 Å². The fourth-order valence-electron chi connectivity index (χ4n) is 2.78. The van der Waals surface area contributed by atoms with Crippen molar-refractivity contribution in [1.82, 2.24) is 20.2 Å². The number of hydrogen-bond donors (Lipinski definition) is 1. The van der Waals surface area contributed by atoms with Gasteiger partial charge in [-0.3, -0.25) is 0 Å². The fraction of sp³-hybridized carbons (Fsp3) is 0.500. The van der Waals surface area contributed by atoms with Gasteiger partial charge in [0.15, 0.2) is 0 Å². The van der Waals surface area contributed by atoms with E-state index in [1.165, 1.54) is 5.56 Å². The molecule has 1 aromatic carbocycles. The SMILES string of the molecule is Cn1nnnc1NCC1(c2cccc(Br)c2)CCOCC1. The number of aryl methyl sites for hydroxylation is 1. The Hall–Kier alpha value is -1.47. The number of hydrogen-bond acceptors (Lipinski definition) is 5. The number of nitrogens with zero attached hydrogens (tertiary/aromatic N) is 4. The van der Waals surface area contributed by atoms with E-state index in [-0.39, 0.29) is 5.41 Å². The lowest BCUT2D eigenvalue weighted by Crippen LogP contribution is -2.40. The van der Waals surface area contributed by atoms with E-state index in [1.54, 1.807) is 4.68 Å². The summed E-state index contributed by atoms with van der Waals surface area (Å²) in [6, 6.07) is 8.52. The Morgan fingerprint density at radius 3 is 2.86 bits per heavy atom. The van der Waals surface area contributed by atoms with Gasteiger partial charge in [0.25, 0.3) is 0 Å². The molecule has 1 aliphatic rings. The number of aromatic nitrogens is 4. The maximum Gasteiger partial charge on any atom is 0.242 e. The van der Waals surface area contributed by atoms with E-state index in [0.29, 0.717) is 5.95 Å². The molecule has 0 radical (unpaired) electrons. The van der Waals surface area contributed by atoms with Crippen molar-refractivity contribution in [2.24, 2.45) is 7.05 Å². The second-order valence-electron chi connectivity index (χ2n) is 5.38. The van der Waals surface area contributed by atoms with E-state index in [0.717, 1.165) is 37.1 Å². The summed E-state index contributed by atoms with van der Waals surface area (Å²) in [5, 5.41) is 14.9. The highest BCUT2D eigenvalue weighted by Crippen LogP contribution is 2.36. The highest BCUT2D eigenvalue weighted by Gasteiger charge is 2.34. The van der Waals surface area contributed by atoms with Crippen molar-refractivity contribution >= 4 is 21.9 Å². The molecule has 1 fully saturated rings. The number of rotatable bonds is 4. The van der Waals surface area contributed by atoms with Crippen molar-refractivity contribution < 1.29 is 4.74 Å². The Bertz CT molecular complexity index is 609. The zero-order valence-electron chi connectivity index (χ0n) is 11.9. The molecule has 1 saturated heterocycles. The Kier molecular flexibility index (Phi) is 4.21. The number of benzene rings is 1.